The normalized spacial score (nSPS) is 10.9. The van der Waals surface area contributed by atoms with Gasteiger partial charge in [-0.1, -0.05) is 44.2 Å². The van der Waals surface area contributed by atoms with Crippen LogP contribution in [0.15, 0.2) is 83.8 Å². The number of benzene rings is 3. The first-order valence-electron chi connectivity index (χ1n) is 12.3. The van der Waals surface area contributed by atoms with Crippen molar-refractivity contribution in [2.75, 3.05) is 16.8 Å². The van der Waals surface area contributed by atoms with Crippen LogP contribution in [0.2, 0.25) is 0 Å². The first-order valence-corrected chi connectivity index (χ1v) is 12.3. The molecule has 1 amide bonds. The van der Waals surface area contributed by atoms with E-state index in [0.717, 1.165) is 16.8 Å². The highest BCUT2D eigenvalue weighted by molar-refractivity contribution is 6.07. The second-order valence-corrected chi connectivity index (χ2v) is 9.52. The molecule has 0 unspecified atom stereocenters. The van der Waals surface area contributed by atoms with E-state index in [1.165, 1.54) is 16.7 Å². The molecule has 4 rings (SSSR count). The zero-order valence-electron chi connectivity index (χ0n) is 21.8. The molecule has 8 nitrogen and oxygen atoms in total. The minimum Gasteiger partial charge on any atom is -0.478 e. The lowest BCUT2D eigenvalue weighted by atomic mass is 10.0. The number of hydrogen-bond acceptors (Lipinski definition) is 5. The van der Waals surface area contributed by atoms with Gasteiger partial charge in [-0.2, -0.15) is 0 Å². The molecule has 0 fully saturated rings. The van der Waals surface area contributed by atoms with Crippen LogP contribution in [0, 0.1) is 12.8 Å². The van der Waals surface area contributed by atoms with Crippen molar-refractivity contribution in [2.45, 2.75) is 20.8 Å². The van der Waals surface area contributed by atoms with E-state index >= 15 is 0 Å². The molecule has 194 valence electrons. The van der Waals surface area contributed by atoms with Crippen molar-refractivity contribution >= 4 is 29.1 Å². The van der Waals surface area contributed by atoms with Gasteiger partial charge in [0.15, 0.2) is 5.82 Å². The van der Waals surface area contributed by atoms with Gasteiger partial charge in [0.25, 0.3) is 11.5 Å². The van der Waals surface area contributed by atoms with Gasteiger partial charge in [0.1, 0.15) is 0 Å². The molecule has 0 aliphatic rings. The Morgan fingerprint density at radius 2 is 1.66 bits per heavy atom. The van der Waals surface area contributed by atoms with Crippen molar-refractivity contribution in [3.63, 3.8) is 0 Å². The number of anilines is 3. The summed E-state index contributed by atoms with van der Waals surface area (Å²) in [7, 11) is 1.65. The number of nitrogens with one attached hydrogen (secondary N) is 1. The molecule has 38 heavy (non-hydrogen) atoms. The van der Waals surface area contributed by atoms with E-state index in [2.05, 4.69) is 24.1 Å². The highest BCUT2D eigenvalue weighted by Gasteiger charge is 2.22. The summed E-state index contributed by atoms with van der Waals surface area (Å²) < 4.78 is 1.45. The van der Waals surface area contributed by atoms with E-state index in [4.69, 9.17) is 5.11 Å². The van der Waals surface area contributed by atoms with E-state index in [0.29, 0.717) is 23.5 Å². The van der Waals surface area contributed by atoms with Gasteiger partial charge in [0.05, 0.1) is 11.3 Å². The van der Waals surface area contributed by atoms with Crippen molar-refractivity contribution < 1.29 is 14.7 Å². The zero-order chi connectivity index (χ0) is 27.4. The Bertz CT molecular complexity index is 1530. The Hall–Kier alpha value is -4.72. The van der Waals surface area contributed by atoms with Crippen LogP contribution in [-0.2, 0) is 7.05 Å². The maximum Gasteiger partial charge on any atom is 0.335 e. The summed E-state index contributed by atoms with van der Waals surface area (Å²) in [6.07, 6.45) is 1.67. The predicted molar refractivity (Wildman–Crippen MR) is 149 cm³/mol. The van der Waals surface area contributed by atoms with Crippen LogP contribution >= 0.6 is 0 Å². The molecule has 8 heteroatoms. The lowest BCUT2D eigenvalue weighted by Gasteiger charge is -2.27. The van der Waals surface area contributed by atoms with Crippen LogP contribution in [0.3, 0.4) is 0 Å². The summed E-state index contributed by atoms with van der Waals surface area (Å²) in [4.78, 5) is 43.9. The number of carboxylic acids is 1. The number of aryl methyl sites for hydroxylation is 1. The molecule has 0 saturated carbocycles. The van der Waals surface area contributed by atoms with Gasteiger partial charge >= 0.3 is 5.97 Å². The largest absolute Gasteiger partial charge is 0.478 e. The Labute approximate surface area is 221 Å². The molecule has 0 aliphatic heterocycles. The highest BCUT2D eigenvalue weighted by atomic mass is 16.4. The molecule has 0 radical (unpaired) electrons. The van der Waals surface area contributed by atoms with Crippen LogP contribution in [-0.4, -0.2) is 33.1 Å². The fourth-order valence-electron chi connectivity index (χ4n) is 4.24. The third kappa shape index (κ3) is 5.64. The number of nitrogens with zero attached hydrogens (tertiary/aromatic N) is 3. The number of aromatic carboxylic acids is 1. The molecule has 0 aliphatic carbocycles. The molecule has 3 aromatic carbocycles. The second-order valence-electron chi connectivity index (χ2n) is 9.52. The molecule has 0 spiro atoms. The van der Waals surface area contributed by atoms with Gasteiger partial charge in [-0.15, -0.1) is 0 Å². The number of carbonyl (C=O) groups is 2. The maximum absolute atomic E-state index is 13.5. The average Bonchev–Trinajstić information content (AvgIpc) is 2.90. The fourth-order valence-corrected chi connectivity index (χ4v) is 4.24. The van der Waals surface area contributed by atoms with Gasteiger partial charge < -0.3 is 19.9 Å². The molecular formula is C30H30N4O4. The molecule has 4 aromatic rings. The van der Waals surface area contributed by atoms with Crippen LogP contribution in [0.4, 0.5) is 17.2 Å². The van der Waals surface area contributed by atoms with Crippen LogP contribution < -0.4 is 15.8 Å². The quantitative estimate of drug-likeness (QED) is 0.324. The van der Waals surface area contributed by atoms with Crippen molar-refractivity contribution in [1.82, 2.24) is 9.55 Å². The van der Waals surface area contributed by atoms with Crippen molar-refractivity contribution in [1.29, 1.82) is 0 Å². The van der Waals surface area contributed by atoms with Gasteiger partial charge in [-0.05, 0) is 60.9 Å². The van der Waals surface area contributed by atoms with E-state index in [9.17, 15) is 14.4 Å². The highest BCUT2D eigenvalue weighted by Crippen LogP contribution is 2.31. The number of aromatic nitrogens is 2. The fraction of sp³-hybridized carbons (Fsp3) is 0.200. The molecule has 2 N–H and O–H groups in total. The van der Waals surface area contributed by atoms with E-state index < -0.39 is 5.97 Å². The number of carbonyl (C=O) groups excluding carboxylic acids is 1. The molecule has 0 saturated heterocycles. The number of rotatable bonds is 8. The lowest BCUT2D eigenvalue weighted by molar-refractivity contribution is 0.0696. The number of amides is 1. The summed E-state index contributed by atoms with van der Waals surface area (Å²) in [6.45, 7) is 6.62. The smallest absolute Gasteiger partial charge is 0.335 e. The van der Waals surface area contributed by atoms with E-state index in [-0.39, 0.29) is 28.8 Å². The Morgan fingerprint density at radius 1 is 0.974 bits per heavy atom. The van der Waals surface area contributed by atoms with Crippen LogP contribution in [0.5, 0.6) is 0 Å². The maximum atomic E-state index is 13.5. The van der Waals surface area contributed by atoms with Crippen LogP contribution in [0.1, 0.15) is 40.1 Å². The molecule has 0 atom stereocenters. The average molecular weight is 511 g/mol. The molecule has 0 bridgehead atoms. The standard InChI is InChI=1S/C30H30N4O4/c1-19(2)17-34(28(35)21-9-6-5-7-10-21)26-12-8-11-24(20(26)3)25-18-33(4)29(36)27(32-25)31-23-15-13-22(14-16-23)30(37)38/h5-16,18-19H,17H2,1-4H3,(H,31,32)(H,37,38). The number of hydrogen-bond donors (Lipinski definition) is 2. The summed E-state index contributed by atoms with van der Waals surface area (Å²) in [6, 6.07) is 21.0. The molecule has 1 heterocycles. The number of carboxylic acid groups (broad SMARTS) is 1. The van der Waals surface area contributed by atoms with Crippen molar-refractivity contribution in [3.8, 4) is 11.3 Å². The lowest BCUT2D eigenvalue weighted by Crippen LogP contribution is -2.34. The Kier molecular flexibility index (Phi) is 7.71. The van der Waals surface area contributed by atoms with Gasteiger partial charge in [0.2, 0.25) is 0 Å². The minimum atomic E-state index is -1.03. The monoisotopic (exact) mass is 510 g/mol. The van der Waals surface area contributed by atoms with E-state index in [1.807, 2.05) is 55.5 Å². The summed E-state index contributed by atoms with van der Waals surface area (Å²) in [5, 5.41) is 12.1. The summed E-state index contributed by atoms with van der Waals surface area (Å²) in [5.41, 5.74) is 3.96. The minimum absolute atomic E-state index is 0.0832. The van der Waals surface area contributed by atoms with Gasteiger partial charge in [-0.25, -0.2) is 9.78 Å². The molecular weight excluding hydrogens is 480 g/mol. The third-order valence-corrected chi connectivity index (χ3v) is 6.15. The first kappa shape index (κ1) is 26.3. The SMILES string of the molecule is Cc1c(-c2cn(C)c(=O)c(Nc3ccc(C(=O)O)cc3)n2)cccc1N(CC(C)C)C(=O)c1ccccc1. The van der Waals surface area contributed by atoms with Gasteiger partial charge in [-0.3, -0.25) is 9.59 Å². The second kappa shape index (κ2) is 11.1. The first-order chi connectivity index (χ1) is 18.2. The summed E-state index contributed by atoms with van der Waals surface area (Å²) in [5.74, 6) is -0.762. The Balaban J connectivity index is 1.75. The van der Waals surface area contributed by atoms with Gasteiger partial charge in [0, 0.05) is 42.3 Å². The third-order valence-electron chi connectivity index (χ3n) is 6.15. The molecule has 1 aromatic heterocycles. The summed E-state index contributed by atoms with van der Waals surface area (Å²) >= 11 is 0. The van der Waals surface area contributed by atoms with E-state index in [1.54, 1.807) is 30.3 Å². The van der Waals surface area contributed by atoms with Crippen molar-refractivity contribution in [3.05, 3.63) is 106 Å². The zero-order valence-corrected chi connectivity index (χ0v) is 21.8. The van der Waals surface area contributed by atoms with Crippen LogP contribution in [0.25, 0.3) is 11.3 Å². The Morgan fingerprint density at radius 3 is 2.29 bits per heavy atom. The van der Waals surface area contributed by atoms with Crippen molar-refractivity contribution in [2.24, 2.45) is 13.0 Å². The topological polar surface area (TPSA) is 105 Å². The predicted octanol–water partition coefficient (Wildman–Crippen LogP) is 5.50.